The number of hydrogen-bond acceptors (Lipinski definition) is 4. The average molecular weight is 191 g/mol. The van der Waals surface area contributed by atoms with Crippen LogP contribution in [-0.4, -0.2) is 25.9 Å². The fourth-order valence-electron chi connectivity index (χ4n) is 1.17. The van der Waals surface area contributed by atoms with E-state index in [2.05, 4.69) is 15.3 Å². The molecule has 0 saturated heterocycles. The first-order chi connectivity index (χ1) is 6.68. The first-order valence-corrected chi connectivity index (χ1v) is 4.04. The number of nitrogens with two attached hydrogens (primary N) is 1. The van der Waals surface area contributed by atoms with Crippen molar-refractivity contribution in [3.05, 3.63) is 29.7 Å². The van der Waals surface area contributed by atoms with Gasteiger partial charge in [-0.2, -0.15) is 14.9 Å². The Morgan fingerprint density at radius 2 is 2.43 bits per heavy atom. The molecular weight excluding hydrogens is 182 g/mol. The highest BCUT2D eigenvalue weighted by molar-refractivity contribution is 5.96. The summed E-state index contributed by atoms with van der Waals surface area (Å²) in [7, 11) is 0. The Labute approximate surface area is 79.7 Å². The number of aromatic amines is 1. The number of anilines is 1. The van der Waals surface area contributed by atoms with Crippen molar-refractivity contribution in [3.63, 3.8) is 0 Å². The topological polar surface area (TPSA) is 89.6 Å². The van der Waals surface area contributed by atoms with Gasteiger partial charge in [-0.1, -0.05) is 0 Å². The maximum Gasteiger partial charge on any atom is 0.283 e. The molecule has 0 aliphatic carbocycles. The first kappa shape index (κ1) is 8.49. The lowest BCUT2D eigenvalue weighted by Crippen LogP contribution is -2.15. The molecule has 6 nitrogen and oxygen atoms in total. The van der Waals surface area contributed by atoms with E-state index in [1.54, 1.807) is 13.0 Å². The molecule has 2 aromatic rings. The van der Waals surface area contributed by atoms with Gasteiger partial charge in [-0.3, -0.25) is 9.89 Å². The number of carbonyl (C=O) groups excluding carboxylic acids is 1. The molecule has 0 spiro atoms. The Balaban J connectivity index is 2.41. The van der Waals surface area contributed by atoms with Crippen LogP contribution in [0.15, 0.2) is 18.5 Å². The van der Waals surface area contributed by atoms with Gasteiger partial charge in [-0.05, 0) is 6.92 Å². The number of rotatable bonds is 1. The lowest BCUT2D eigenvalue weighted by Gasteiger charge is -1.98. The third-order valence-corrected chi connectivity index (χ3v) is 1.80. The lowest BCUT2D eigenvalue weighted by molar-refractivity contribution is 0.0947. The Bertz CT molecular complexity index is 456. The summed E-state index contributed by atoms with van der Waals surface area (Å²) in [6.45, 7) is 1.77. The highest BCUT2D eigenvalue weighted by Crippen LogP contribution is 2.08. The summed E-state index contributed by atoms with van der Waals surface area (Å²) >= 11 is 0. The van der Waals surface area contributed by atoms with E-state index in [9.17, 15) is 4.79 Å². The number of nitrogens with zero attached hydrogens (tertiary/aromatic N) is 3. The van der Waals surface area contributed by atoms with E-state index < -0.39 is 0 Å². The predicted molar refractivity (Wildman–Crippen MR) is 49.7 cm³/mol. The second-order valence-corrected chi connectivity index (χ2v) is 2.91. The van der Waals surface area contributed by atoms with E-state index in [4.69, 9.17) is 5.73 Å². The molecule has 0 amide bonds. The quantitative estimate of drug-likeness (QED) is 0.673. The zero-order chi connectivity index (χ0) is 10.1. The number of nitrogens with one attached hydrogen (secondary N) is 1. The first-order valence-electron chi connectivity index (χ1n) is 4.04. The average Bonchev–Trinajstić information content (AvgIpc) is 2.73. The molecule has 14 heavy (non-hydrogen) atoms. The largest absolute Gasteiger partial charge is 0.383 e. The summed E-state index contributed by atoms with van der Waals surface area (Å²) in [5, 5.41) is 10.2. The molecule has 0 bridgehead atoms. The van der Waals surface area contributed by atoms with Gasteiger partial charge in [0, 0.05) is 12.3 Å². The van der Waals surface area contributed by atoms with Crippen molar-refractivity contribution < 1.29 is 4.79 Å². The molecule has 0 aromatic carbocycles. The van der Waals surface area contributed by atoms with Gasteiger partial charge < -0.3 is 5.73 Å². The van der Waals surface area contributed by atoms with Gasteiger partial charge >= 0.3 is 0 Å². The molecule has 2 heterocycles. The number of aryl methyl sites for hydroxylation is 1. The second-order valence-electron chi connectivity index (χ2n) is 2.91. The maximum atomic E-state index is 11.7. The van der Waals surface area contributed by atoms with Crippen molar-refractivity contribution in [1.82, 2.24) is 20.0 Å². The standard InChI is InChI=1S/C8H9N5O/c1-5-2-7(9)13(12-5)8(14)6-3-10-11-4-6/h2-4H,9H2,1H3,(H,10,11). The van der Waals surface area contributed by atoms with E-state index in [0.717, 1.165) is 4.68 Å². The summed E-state index contributed by atoms with van der Waals surface area (Å²) in [6, 6.07) is 1.64. The Hall–Kier alpha value is -2.11. The molecule has 3 N–H and O–H groups in total. The summed E-state index contributed by atoms with van der Waals surface area (Å²) < 4.78 is 1.15. The minimum Gasteiger partial charge on any atom is -0.383 e. The van der Waals surface area contributed by atoms with Crippen molar-refractivity contribution in [2.45, 2.75) is 6.92 Å². The Morgan fingerprint density at radius 1 is 1.64 bits per heavy atom. The molecule has 0 aliphatic heterocycles. The lowest BCUT2D eigenvalue weighted by atomic mass is 10.3. The van der Waals surface area contributed by atoms with Crippen LogP contribution in [0.4, 0.5) is 5.82 Å². The van der Waals surface area contributed by atoms with E-state index in [0.29, 0.717) is 17.1 Å². The Morgan fingerprint density at radius 3 is 2.93 bits per heavy atom. The fourth-order valence-corrected chi connectivity index (χ4v) is 1.17. The van der Waals surface area contributed by atoms with Crippen molar-refractivity contribution >= 4 is 11.7 Å². The van der Waals surface area contributed by atoms with Gasteiger partial charge in [0.25, 0.3) is 5.91 Å². The van der Waals surface area contributed by atoms with E-state index in [-0.39, 0.29) is 5.91 Å². The van der Waals surface area contributed by atoms with Crippen LogP contribution in [0.3, 0.4) is 0 Å². The van der Waals surface area contributed by atoms with Gasteiger partial charge in [0.1, 0.15) is 5.82 Å². The summed E-state index contributed by atoms with van der Waals surface area (Å²) in [4.78, 5) is 11.7. The molecule has 72 valence electrons. The molecule has 2 aromatic heterocycles. The van der Waals surface area contributed by atoms with Crippen molar-refractivity contribution in [2.24, 2.45) is 0 Å². The molecule has 0 fully saturated rings. The van der Waals surface area contributed by atoms with Crippen LogP contribution in [-0.2, 0) is 0 Å². The molecule has 6 heteroatoms. The number of H-pyrrole nitrogens is 1. The summed E-state index contributed by atoms with van der Waals surface area (Å²) in [5.41, 5.74) is 6.74. The van der Waals surface area contributed by atoms with E-state index in [1.807, 2.05) is 0 Å². The van der Waals surface area contributed by atoms with Crippen molar-refractivity contribution in [2.75, 3.05) is 5.73 Å². The number of hydrogen-bond donors (Lipinski definition) is 2. The van der Waals surface area contributed by atoms with Crippen LogP contribution in [0, 0.1) is 6.92 Å². The monoisotopic (exact) mass is 191 g/mol. The molecule has 0 unspecified atom stereocenters. The third kappa shape index (κ3) is 1.26. The van der Waals surface area contributed by atoms with Crippen molar-refractivity contribution in [1.29, 1.82) is 0 Å². The predicted octanol–water partition coefficient (Wildman–Crippen LogP) is 0.185. The van der Waals surface area contributed by atoms with Crippen LogP contribution in [0.2, 0.25) is 0 Å². The minimum absolute atomic E-state index is 0.288. The maximum absolute atomic E-state index is 11.7. The smallest absolute Gasteiger partial charge is 0.283 e. The minimum atomic E-state index is -0.288. The summed E-state index contributed by atoms with van der Waals surface area (Å²) in [6.07, 6.45) is 2.93. The Kier molecular flexibility index (Phi) is 1.81. The van der Waals surface area contributed by atoms with Crippen LogP contribution in [0.1, 0.15) is 16.1 Å². The van der Waals surface area contributed by atoms with Crippen LogP contribution in [0.5, 0.6) is 0 Å². The van der Waals surface area contributed by atoms with Crippen LogP contribution in [0.25, 0.3) is 0 Å². The SMILES string of the molecule is Cc1cc(N)n(C(=O)c2cn[nH]c2)n1. The summed E-state index contributed by atoms with van der Waals surface area (Å²) in [5.74, 6) is 0.0399. The van der Waals surface area contributed by atoms with E-state index >= 15 is 0 Å². The molecular formula is C8H9N5O. The molecule has 0 radical (unpaired) electrons. The van der Waals surface area contributed by atoms with Crippen LogP contribution < -0.4 is 5.73 Å². The normalized spacial score (nSPS) is 10.4. The molecule has 0 aliphatic rings. The highest BCUT2D eigenvalue weighted by Gasteiger charge is 2.13. The highest BCUT2D eigenvalue weighted by atomic mass is 16.2. The number of aromatic nitrogens is 4. The second kappa shape index (κ2) is 2.99. The van der Waals surface area contributed by atoms with Gasteiger partial charge in [-0.25, -0.2) is 0 Å². The van der Waals surface area contributed by atoms with Gasteiger partial charge in [0.05, 0.1) is 17.5 Å². The number of nitrogen functional groups attached to an aromatic ring is 1. The van der Waals surface area contributed by atoms with Crippen molar-refractivity contribution in [3.8, 4) is 0 Å². The molecule has 0 atom stereocenters. The van der Waals surface area contributed by atoms with Crippen LogP contribution >= 0.6 is 0 Å². The van der Waals surface area contributed by atoms with Gasteiger partial charge in [-0.15, -0.1) is 0 Å². The van der Waals surface area contributed by atoms with Gasteiger partial charge in [0.2, 0.25) is 0 Å². The zero-order valence-corrected chi connectivity index (χ0v) is 7.56. The van der Waals surface area contributed by atoms with E-state index in [1.165, 1.54) is 12.4 Å². The molecule has 0 saturated carbocycles. The fraction of sp³-hybridized carbons (Fsp3) is 0.125. The third-order valence-electron chi connectivity index (χ3n) is 1.80. The number of carbonyl (C=O) groups is 1. The van der Waals surface area contributed by atoms with Gasteiger partial charge in [0.15, 0.2) is 0 Å². The zero-order valence-electron chi connectivity index (χ0n) is 7.56. The molecule has 2 rings (SSSR count).